The van der Waals surface area contributed by atoms with Gasteiger partial charge >= 0.3 is 5.97 Å². The first kappa shape index (κ1) is 14.7. The number of rotatable bonds is 4. The van der Waals surface area contributed by atoms with E-state index < -0.39 is 24.0 Å². The lowest BCUT2D eigenvalue weighted by molar-refractivity contribution is -0.141. The van der Waals surface area contributed by atoms with Crippen molar-refractivity contribution in [1.29, 1.82) is 0 Å². The van der Waals surface area contributed by atoms with Gasteiger partial charge < -0.3 is 15.5 Å². The van der Waals surface area contributed by atoms with Gasteiger partial charge in [0.05, 0.1) is 16.7 Å². The molecule has 0 aliphatic rings. The molecule has 0 aliphatic heterocycles. The highest BCUT2D eigenvalue weighted by Crippen LogP contribution is 2.19. The van der Waals surface area contributed by atoms with Gasteiger partial charge in [0.15, 0.2) is 6.04 Å². The highest BCUT2D eigenvalue weighted by molar-refractivity contribution is 6.41. The van der Waals surface area contributed by atoms with Crippen LogP contribution in [0.4, 0.5) is 0 Å². The van der Waals surface area contributed by atoms with E-state index in [1.165, 1.54) is 13.0 Å². The summed E-state index contributed by atoms with van der Waals surface area (Å²) in [4.78, 5) is 26.2. The monoisotopic (exact) mass is 292 g/mol. The molecule has 0 unspecified atom stereocenters. The molecule has 6 nitrogen and oxygen atoms in total. The first-order chi connectivity index (χ1) is 8.32. The normalized spacial score (nSPS) is 13.8. The molecule has 1 heterocycles. The van der Waals surface area contributed by atoms with Gasteiger partial charge in [0, 0.05) is 6.20 Å². The number of hydrogen-bond donors (Lipinski definition) is 3. The van der Waals surface area contributed by atoms with Crippen LogP contribution >= 0.6 is 23.2 Å². The molecule has 3 N–H and O–H groups in total. The van der Waals surface area contributed by atoms with Gasteiger partial charge in [0.2, 0.25) is 0 Å². The van der Waals surface area contributed by atoms with E-state index in [0.717, 1.165) is 6.20 Å². The van der Waals surface area contributed by atoms with E-state index >= 15 is 0 Å². The molecular weight excluding hydrogens is 283 g/mol. The summed E-state index contributed by atoms with van der Waals surface area (Å²) in [6.45, 7) is 1.26. The minimum atomic E-state index is -1.41. The van der Waals surface area contributed by atoms with Crippen LogP contribution < -0.4 is 5.32 Å². The molecule has 0 bridgehead atoms. The van der Waals surface area contributed by atoms with Crippen molar-refractivity contribution in [3.05, 3.63) is 28.0 Å². The molecule has 0 spiro atoms. The van der Waals surface area contributed by atoms with E-state index in [9.17, 15) is 14.7 Å². The number of nitrogens with zero attached hydrogens (tertiary/aromatic N) is 1. The summed E-state index contributed by atoms with van der Waals surface area (Å²) in [5.74, 6) is -2.05. The topological polar surface area (TPSA) is 99.5 Å². The van der Waals surface area contributed by atoms with Crippen LogP contribution in [0.15, 0.2) is 12.3 Å². The molecule has 1 rings (SSSR count). The largest absolute Gasteiger partial charge is 0.480 e. The SMILES string of the molecule is C[C@@H](O)[C@H](NC(=O)c1cnc(Cl)c(Cl)c1)C(=O)O. The van der Waals surface area contributed by atoms with Crippen LogP contribution in [0.1, 0.15) is 17.3 Å². The molecule has 1 aromatic rings. The lowest BCUT2D eigenvalue weighted by Gasteiger charge is -2.16. The Bertz CT molecular complexity index is 479. The Labute approximate surface area is 113 Å². The van der Waals surface area contributed by atoms with Gasteiger partial charge in [-0.2, -0.15) is 0 Å². The number of carboxylic acids is 1. The molecule has 0 aliphatic carbocycles. The number of aliphatic hydroxyl groups is 1. The number of aliphatic carboxylic acids is 1. The van der Waals surface area contributed by atoms with E-state index in [1.54, 1.807) is 0 Å². The molecule has 98 valence electrons. The van der Waals surface area contributed by atoms with Gasteiger partial charge in [-0.25, -0.2) is 9.78 Å². The summed E-state index contributed by atoms with van der Waals surface area (Å²) in [5, 5.41) is 20.3. The molecule has 18 heavy (non-hydrogen) atoms. The van der Waals surface area contributed by atoms with Crippen molar-refractivity contribution in [1.82, 2.24) is 10.3 Å². The maximum atomic E-state index is 11.7. The Morgan fingerprint density at radius 1 is 1.44 bits per heavy atom. The maximum absolute atomic E-state index is 11.7. The van der Waals surface area contributed by atoms with Gasteiger partial charge in [-0.1, -0.05) is 23.2 Å². The van der Waals surface area contributed by atoms with E-state index in [-0.39, 0.29) is 15.7 Å². The lowest BCUT2D eigenvalue weighted by Crippen LogP contribution is -2.47. The van der Waals surface area contributed by atoms with Crippen molar-refractivity contribution in [2.45, 2.75) is 19.1 Å². The standard InChI is InChI=1S/C10H10Cl2N2O4/c1-4(15)7(10(17)18)14-9(16)5-2-6(11)8(12)13-3-5/h2-4,7,15H,1H3,(H,14,16)(H,17,18)/t4-,7+/m1/s1. The zero-order valence-electron chi connectivity index (χ0n) is 9.22. The molecular formula is C10H10Cl2N2O4. The predicted molar refractivity (Wildman–Crippen MR) is 64.8 cm³/mol. The highest BCUT2D eigenvalue weighted by atomic mass is 35.5. The molecule has 0 radical (unpaired) electrons. The smallest absolute Gasteiger partial charge is 0.328 e. The fourth-order valence-electron chi connectivity index (χ4n) is 1.16. The van der Waals surface area contributed by atoms with Gasteiger partial charge in [0.1, 0.15) is 5.15 Å². The fourth-order valence-corrected chi connectivity index (χ4v) is 1.43. The number of pyridine rings is 1. The number of carboxylic acid groups (broad SMARTS) is 1. The number of aromatic nitrogens is 1. The molecule has 2 atom stereocenters. The second-order valence-corrected chi connectivity index (χ2v) is 4.29. The Kier molecular flexibility index (Phi) is 4.89. The van der Waals surface area contributed by atoms with Crippen LogP contribution in [0.5, 0.6) is 0 Å². The third kappa shape index (κ3) is 3.56. The molecule has 1 aromatic heterocycles. The number of halogens is 2. The zero-order chi connectivity index (χ0) is 13.9. The predicted octanol–water partition coefficient (Wildman–Crippen LogP) is 0.952. The van der Waals surface area contributed by atoms with E-state index in [1.807, 2.05) is 0 Å². The molecule has 0 fully saturated rings. The van der Waals surface area contributed by atoms with Crippen molar-refractivity contribution in [3.63, 3.8) is 0 Å². The number of aliphatic hydroxyl groups excluding tert-OH is 1. The van der Waals surface area contributed by atoms with Gasteiger partial charge in [-0.05, 0) is 13.0 Å². The van der Waals surface area contributed by atoms with Crippen LogP contribution in [-0.2, 0) is 4.79 Å². The summed E-state index contributed by atoms with van der Waals surface area (Å²) >= 11 is 11.3. The molecule has 8 heteroatoms. The van der Waals surface area contributed by atoms with Crippen molar-refractivity contribution in [3.8, 4) is 0 Å². The van der Waals surface area contributed by atoms with Crippen molar-refractivity contribution < 1.29 is 19.8 Å². The summed E-state index contributed by atoms with van der Waals surface area (Å²) in [6, 6.07) is -0.153. The third-order valence-electron chi connectivity index (χ3n) is 2.09. The second kappa shape index (κ2) is 5.99. The summed E-state index contributed by atoms with van der Waals surface area (Å²) in [5.41, 5.74) is 0.0521. The summed E-state index contributed by atoms with van der Waals surface area (Å²) in [6.07, 6.45) is -0.0769. The van der Waals surface area contributed by atoms with Gasteiger partial charge in [0.25, 0.3) is 5.91 Å². The average molecular weight is 293 g/mol. The minimum absolute atomic E-state index is 0.0403. The van der Waals surface area contributed by atoms with E-state index in [0.29, 0.717) is 0 Å². The van der Waals surface area contributed by atoms with Crippen LogP contribution in [0.2, 0.25) is 10.2 Å². The van der Waals surface area contributed by atoms with Gasteiger partial charge in [-0.15, -0.1) is 0 Å². The first-order valence-corrected chi connectivity index (χ1v) is 5.61. The van der Waals surface area contributed by atoms with E-state index in [2.05, 4.69) is 10.3 Å². The number of carbonyl (C=O) groups is 2. The highest BCUT2D eigenvalue weighted by Gasteiger charge is 2.25. The molecule has 1 amide bonds. The molecule has 0 aromatic carbocycles. The first-order valence-electron chi connectivity index (χ1n) is 4.85. The van der Waals surface area contributed by atoms with Crippen molar-refractivity contribution in [2.24, 2.45) is 0 Å². The van der Waals surface area contributed by atoms with Crippen LogP contribution in [0.3, 0.4) is 0 Å². The Balaban J connectivity index is 2.87. The lowest BCUT2D eigenvalue weighted by atomic mass is 10.1. The van der Waals surface area contributed by atoms with Crippen LogP contribution in [0, 0.1) is 0 Å². The fraction of sp³-hybridized carbons (Fsp3) is 0.300. The van der Waals surface area contributed by atoms with Gasteiger partial charge in [-0.3, -0.25) is 4.79 Å². The average Bonchev–Trinajstić information content (AvgIpc) is 2.28. The Morgan fingerprint density at radius 2 is 2.06 bits per heavy atom. The van der Waals surface area contributed by atoms with Crippen molar-refractivity contribution >= 4 is 35.1 Å². The Hall–Kier alpha value is -1.37. The van der Waals surface area contributed by atoms with E-state index in [4.69, 9.17) is 28.3 Å². The number of carbonyl (C=O) groups excluding carboxylic acids is 1. The minimum Gasteiger partial charge on any atom is -0.480 e. The Morgan fingerprint density at radius 3 is 2.50 bits per heavy atom. The van der Waals surface area contributed by atoms with Crippen LogP contribution in [0.25, 0.3) is 0 Å². The number of amides is 1. The molecule has 0 saturated heterocycles. The van der Waals surface area contributed by atoms with Crippen molar-refractivity contribution in [2.75, 3.05) is 0 Å². The van der Waals surface area contributed by atoms with Crippen LogP contribution in [-0.4, -0.2) is 39.2 Å². The zero-order valence-corrected chi connectivity index (χ0v) is 10.7. The summed E-state index contributed by atoms with van der Waals surface area (Å²) in [7, 11) is 0. The maximum Gasteiger partial charge on any atom is 0.328 e. The summed E-state index contributed by atoms with van der Waals surface area (Å²) < 4.78 is 0. The second-order valence-electron chi connectivity index (χ2n) is 3.53. The third-order valence-corrected chi connectivity index (χ3v) is 2.78. The quantitative estimate of drug-likeness (QED) is 0.718. The molecule has 0 saturated carbocycles. The number of hydrogen-bond acceptors (Lipinski definition) is 4. The number of nitrogens with one attached hydrogen (secondary N) is 1.